The summed E-state index contributed by atoms with van der Waals surface area (Å²) < 4.78 is 48.9. The Bertz CT molecular complexity index is 1250. The molecule has 182 valence electrons. The van der Waals surface area contributed by atoms with E-state index in [1.165, 1.54) is 18.2 Å². The Balaban J connectivity index is 1.71. The zero-order chi connectivity index (χ0) is 24.6. The van der Waals surface area contributed by atoms with E-state index in [2.05, 4.69) is 9.62 Å². The van der Waals surface area contributed by atoms with Crippen LogP contribution < -0.4 is 9.46 Å². The third-order valence-electron chi connectivity index (χ3n) is 6.44. The van der Waals surface area contributed by atoms with E-state index in [0.29, 0.717) is 19.1 Å². The molecule has 0 radical (unpaired) electrons. The quantitative estimate of drug-likeness (QED) is 0.537. The van der Waals surface area contributed by atoms with Crippen molar-refractivity contribution >= 4 is 27.8 Å². The topological polar surface area (TPSA) is 95.9 Å². The molecule has 1 fully saturated rings. The smallest absolute Gasteiger partial charge is 0.341 e. The van der Waals surface area contributed by atoms with Crippen LogP contribution in [0.1, 0.15) is 54.6 Å². The van der Waals surface area contributed by atoms with Crippen LogP contribution in [-0.2, 0) is 10.0 Å². The Morgan fingerprint density at radius 1 is 1.26 bits per heavy atom. The summed E-state index contributed by atoms with van der Waals surface area (Å²) in [7, 11) is -4.23. The van der Waals surface area contributed by atoms with Gasteiger partial charge in [-0.25, -0.2) is 17.6 Å². The summed E-state index contributed by atoms with van der Waals surface area (Å²) in [4.78, 5) is 14.1. The number of sulfonamides is 1. The van der Waals surface area contributed by atoms with E-state index in [4.69, 9.17) is 4.74 Å². The number of fused-ring (bicyclic) bond motifs is 3. The molecular weight excluding hydrogens is 459 g/mol. The molecule has 9 heteroatoms. The highest BCUT2D eigenvalue weighted by molar-refractivity contribution is 7.92. The average molecular weight is 489 g/mol. The number of nitrogens with one attached hydrogen (secondary N) is 1. The van der Waals surface area contributed by atoms with Crippen molar-refractivity contribution in [2.45, 2.75) is 38.0 Å². The van der Waals surface area contributed by atoms with E-state index >= 15 is 0 Å². The van der Waals surface area contributed by atoms with Crippen LogP contribution in [0.3, 0.4) is 0 Å². The van der Waals surface area contributed by atoms with E-state index < -0.39 is 21.8 Å². The van der Waals surface area contributed by atoms with E-state index in [0.717, 1.165) is 36.7 Å². The number of rotatable bonds is 9. The van der Waals surface area contributed by atoms with Crippen molar-refractivity contribution in [2.75, 3.05) is 31.0 Å². The zero-order valence-electron chi connectivity index (χ0n) is 19.5. The van der Waals surface area contributed by atoms with Gasteiger partial charge >= 0.3 is 5.97 Å². The number of hydrogen-bond donors (Lipinski definition) is 2. The lowest BCUT2D eigenvalue weighted by Gasteiger charge is -2.21. The Kier molecular flexibility index (Phi) is 6.69. The molecule has 2 atom stereocenters. The van der Waals surface area contributed by atoms with E-state index in [1.807, 2.05) is 20.8 Å². The maximum atomic E-state index is 14.1. The van der Waals surface area contributed by atoms with Gasteiger partial charge in [0, 0.05) is 12.5 Å². The van der Waals surface area contributed by atoms with Gasteiger partial charge in [-0.05, 0) is 67.7 Å². The average Bonchev–Trinajstić information content (AvgIpc) is 3.56. The second-order valence-corrected chi connectivity index (χ2v) is 10.5. The van der Waals surface area contributed by atoms with Crippen LogP contribution in [0.5, 0.6) is 5.75 Å². The number of likely N-dealkylation sites (N-methyl/N-ethyl adjacent to an activating group) is 1. The van der Waals surface area contributed by atoms with Gasteiger partial charge in [-0.15, -0.1) is 0 Å². The van der Waals surface area contributed by atoms with Crippen LogP contribution in [0, 0.1) is 11.7 Å². The molecule has 1 aliphatic carbocycles. The summed E-state index contributed by atoms with van der Waals surface area (Å²) in [6.07, 6.45) is 2.59. The molecule has 2 aromatic carbocycles. The second-order valence-electron chi connectivity index (χ2n) is 8.86. The van der Waals surface area contributed by atoms with Gasteiger partial charge in [0.15, 0.2) is 0 Å². The van der Waals surface area contributed by atoms with Crippen molar-refractivity contribution in [1.29, 1.82) is 0 Å². The first-order chi connectivity index (χ1) is 16.1. The fourth-order valence-electron chi connectivity index (χ4n) is 4.53. The summed E-state index contributed by atoms with van der Waals surface area (Å²) in [5.41, 5.74) is 1.59. The predicted octanol–water partition coefficient (Wildman–Crippen LogP) is 4.57. The van der Waals surface area contributed by atoms with E-state index in [9.17, 15) is 22.7 Å². The Labute approximate surface area is 199 Å². The van der Waals surface area contributed by atoms with Crippen molar-refractivity contribution in [1.82, 2.24) is 4.90 Å². The maximum Gasteiger partial charge on any atom is 0.341 e. The number of carboxylic acid groups (broad SMARTS) is 1. The monoisotopic (exact) mass is 488 g/mol. The van der Waals surface area contributed by atoms with Crippen LogP contribution in [0.4, 0.5) is 10.1 Å². The molecule has 34 heavy (non-hydrogen) atoms. The fraction of sp³-hybridized carbons (Fsp3) is 0.400. The first kappa shape index (κ1) is 24.2. The minimum Gasteiger partial charge on any atom is -0.492 e. The number of nitrogens with zero attached hydrogens (tertiary/aromatic N) is 1. The molecule has 7 nitrogen and oxygen atoms in total. The third kappa shape index (κ3) is 4.81. The number of carboxylic acids is 1. The van der Waals surface area contributed by atoms with Crippen molar-refractivity contribution in [3.05, 3.63) is 58.4 Å². The number of carbonyl (C=O) groups is 1. The molecule has 1 heterocycles. The molecule has 0 saturated heterocycles. The Morgan fingerprint density at radius 2 is 2.00 bits per heavy atom. The molecule has 0 amide bonds. The molecule has 2 aromatic rings. The minimum absolute atomic E-state index is 0.0792. The Hall–Kier alpha value is -2.91. The Morgan fingerprint density at radius 3 is 2.68 bits per heavy atom. The molecule has 0 spiro atoms. The van der Waals surface area contributed by atoms with Crippen molar-refractivity contribution in [2.24, 2.45) is 5.92 Å². The lowest BCUT2D eigenvalue weighted by molar-refractivity contribution is 0.0692. The summed E-state index contributed by atoms with van der Waals surface area (Å²) in [5, 5.41) is 9.85. The zero-order valence-corrected chi connectivity index (χ0v) is 20.3. The number of anilines is 1. The highest BCUT2D eigenvalue weighted by atomic mass is 32.2. The van der Waals surface area contributed by atoms with Crippen LogP contribution >= 0.6 is 0 Å². The van der Waals surface area contributed by atoms with Gasteiger partial charge in [0.25, 0.3) is 10.0 Å². The molecule has 1 aliphatic heterocycles. The number of hydrogen-bond acceptors (Lipinski definition) is 5. The summed E-state index contributed by atoms with van der Waals surface area (Å²) in [6.45, 7) is 8.63. The number of halogens is 1. The van der Waals surface area contributed by atoms with Gasteiger partial charge < -0.3 is 9.84 Å². The van der Waals surface area contributed by atoms with Gasteiger partial charge in [0.1, 0.15) is 17.1 Å². The van der Waals surface area contributed by atoms with Crippen molar-refractivity contribution in [3.63, 3.8) is 0 Å². The molecule has 4 rings (SSSR count). The second kappa shape index (κ2) is 9.38. The molecule has 2 aliphatic rings. The van der Waals surface area contributed by atoms with Gasteiger partial charge in [-0.2, -0.15) is 0 Å². The largest absolute Gasteiger partial charge is 0.492 e. The summed E-state index contributed by atoms with van der Waals surface area (Å²) in [6, 6.07) is 6.63. The number of benzene rings is 2. The van der Waals surface area contributed by atoms with Crippen LogP contribution in [0.25, 0.3) is 6.08 Å². The van der Waals surface area contributed by atoms with Crippen molar-refractivity contribution in [3.8, 4) is 5.75 Å². The maximum absolute atomic E-state index is 14.1. The van der Waals surface area contributed by atoms with Crippen molar-refractivity contribution < 1.29 is 27.4 Å². The highest BCUT2D eigenvalue weighted by Crippen LogP contribution is 2.55. The summed E-state index contributed by atoms with van der Waals surface area (Å²) in [5.74, 6) is -0.961. The number of aromatic carboxylic acids is 1. The molecule has 0 unspecified atom stereocenters. The van der Waals surface area contributed by atoms with Gasteiger partial charge in [-0.1, -0.05) is 31.6 Å². The molecule has 1 saturated carbocycles. The standard InChI is InChI=1S/C25H29FN2O5S/c1-4-28(5-2)13-15(3)10-16-11-18(26)6-9-22(16)34(31,32)27-21-8-7-19-20-12-17(20)14-33-24(19)23(21)25(29)30/h6-11,17,20,27H,4-5,12-14H2,1-3H3,(H,29,30)/b15-10-/t17-,20-/m1/s1. The lowest BCUT2D eigenvalue weighted by Crippen LogP contribution is -2.24. The SMILES string of the molecule is CCN(CC)C/C(C)=C\c1cc(F)ccc1S(=O)(=O)Nc1ccc2c(c1C(=O)O)OC[C@H]1C[C@@H]21. The molecule has 0 bridgehead atoms. The first-order valence-corrected chi connectivity index (χ1v) is 12.9. The predicted molar refractivity (Wildman–Crippen MR) is 128 cm³/mol. The normalized spacial score (nSPS) is 19.3. The summed E-state index contributed by atoms with van der Waals surface area (Å²) >= 11 is 0. The van der Waals surface area contributed by atoms with Gasteiger partial charge in [0.2, 0.25) is 0 Å². The van der Waals surface area contributed by atoms with Crippen LogP contribution in [0.2, 0.25) is 0 Å². The fourth-order valence-corrected chi connectivity index (χ4v) is 5.78. The molecular formula is C25H29FN2O5S. The van der Waals surface area contributed by atoms with E-state index in [-0.39, 0.29) is 33.4 Å². The van der Waals surface area contributed by atoms with Crippen LogP contribution in [-0.4, -0.2) is 50.6 Å². The minimum atomic E-state index is -4.23. The molecule has 0 aromatic heterocycles. The van der Waals surface area contributed by atoms with Crippen LogP contribution in [0.15, 0.2) is 40.8 Å². The van der Waals surface area contributed by atoms with E-state index in [1.54, 1.807) is 12.1 Å². The third-order valence-corrected chi connectivity index (χ3v) is 7.88. The first-order valence-electron chi connectivity index (χ1n) is 11.4. The van der Waals surface area contributed by atoms with Gasteiger partial charge in [-0.3, -0.25) is 9.62 Å². The highest BCUT2D eigenvalue weighted by Gasteiger charge is 2.45. The van der Waals surface area contributed by atoms with Gasteiger partial charge in [0.05, 0.1) is 17.2 Å². The molecule has 2 N–H and O–H groups in total. The lowest BCUT2D eigenvalue weighted by atomic mass is 10.0. The number of ether oxygens (including phenoxy) is 1.